The quantitative estimate of drug-likeness (QED) is 0.461. The molecule has 4 aromatic rings. The van der Waals surface area contributed by atoms with Crippen LogP contribution in [0, 0.1) is 0 Å². The Labute approximate surface area is 167 Å². The Hall–Kier alpha value is -2.90. The van der Waals surface area contributed by atoms with E-state index in [1.54, 1.807) is 65.9 Å². The first-order chi connectivity index (χ1) is 13.1. The molecule has 0 saturated heterocycles. The number of nitrogens with zero attached hydrogens (tertiary/aromatic N) is 4. The van der Waals surface area contributed by atoms with Gasteiger partial charge >= 0.3 is 5.56 Å². The number of hydrogen-bond acceptors (Lipinski definition) is 4. The molecule has 8 heteroatoms. The maximum atomic E-state index is 13.1. The van der Waals surface area contributed by atoms with Crippen LogP contribution in [0.4, 0.5) is 0 Å². The van der Waals surface area contributed by atoms with Gasteiger partial charge in [-0.1, -0.05) is 27.5 Å². The van der Waals surface area contributed by atoms with Crippen LogP contribution in [0.3, 0.4) is 0 Å². The number of imidazole rings is 1. The Morgan fingerprint density at radius 1 is 1.04 bits per heavy atom. The molecule has 0 amide bonds. The Bertz CT molecular complexity index is 1120. The zero-order valence-electron chi connectivity index (χ0n) is 13.8. The van der Waals surface area contributed by atoms with Crippen LogP contribution < -0.4 is 10.3 Å². The van der Waals surface area contributed by atoms with Crippen molar-refractivity contribution in [3.8, 4) is 22.9 Å². The lowest BCUT2D eigenvalue weighted by Gasteiger charge is -2.13. The van der Waals surface area contributed by atoms with Crippen molar-refractivity contribution in [2.75, 3.05) is 0 Å². The van der Waals surface area contributed by atoms with E-state index in [-0.39, 0.29) is 5.75 Å². The molecule has 0 aliphatic heterocycles. The van der Waals surface area contributed by atoms with E-state index >= 15 is 0 Å². The Kier molecular flexibility index (Phi) is 4.79. The van der Waals surface area contributed by atoms with Gasteiger partial charge in [0.2, 0.25) is 5.75 Å². The molecule has 0 bridgehead atoms. The van der Waals surface area contributed by atoms with Crippen molar-refractivity contribution >= 4 is 27.5 Å². The van der Waals surface area contributed by atoms with Gasteiger partial charge in [-0.15, -0.1) is 0 Å². The standard InChI is InChI=1S/C19H12BrClN4O2/c20-13-1-7-16(8-2-13)27-18-17(24-10-9-22-12-24)11-23-25(19(18)26)15-5-3-14(21)4-6-15/h1-12H. The molecule has 134 valence electrons. The third kappa shape index (κ3) is 3.65. The minimum atomic E-state index is -0.397. The summed E-state index contributed by atoms with van der Waals surface area (Å²) < 4.78 is 9.80. The van der Waals surface area contributed by atoms with Gasteiger partial charge in [0, 0.05) is 21.9 Å². The first-order valence-corrected chi connectivity index (χ1v) is 9.09. The summed E-state index contributed by atoms with van der Waals surface area (Å²) in [5.41, 5.74) is 0.680. The van der Waals surface area contributed by atoms with Crippen molar-refractivity contribution < 1.29 is 4.74 Å². The van der Waals surface area contributed by atoms with Crippen LogP contribution in [0.5, 0.6) is 11.5 Å². The molecule has 0 aliphatic carbocycles. The van der Waals surface area contributed by atoms with Gasteiger partial charge in [0.25, 0.3) is 0 Å². The zero-order chi connectivity index (χ0) is 18.8. The predicted molar refractivity (Wildman–Crippen MR) is 106 cm³/mol. The summed E-state index contributed by atoms with van der Waals surface area (Å²) in [5, 5.41) is 4.85. The second-order valence-electron chi connectivity index (χ2n) is 5.58. The molecule has 27 heavy (non-hydrogen) atoms. The summed E-state index contributed by atoms with van der Waals surface area (Å²) in [5.74, 6) is 0.672. The van der Waals surface area contributed by atoms with Crippen molar-refractivity contribution in [2.45, 2.75) is 0 Å². The van der Waals surface area contributed by atoms with Crippen LogP contribution >= 0.6 is 27.5 Å². The molecule has 0 spiro atoms. The van der Waals surface area contributed by atoms with Crippen LogP contribution in [0.15, 0.2) is 82.7 Å². The number of ether oxygens (including phenoxy) is 1. The van der Waals surface area contributed by atoms with Crippen molar-refractivity contribution in [3.05, 3.63) is 93.3 Å². The molecule has 0 atom stereocenters. The Balaban J connectivity index is 1.86. The second-order valence-corrected chi connectivity index (χ2v) is 6.93. The fraction of sp³-hybridized carbons (Fsp3) is 0. The van der Waals surface area contributed by atoms with Crippen molar-refractivity contribution in [2.24, 2.45) is 0 Å². The molecular weight excluding hydrogens is 432 g/mol. The van der Waals surface area contributed by atoms with Gasteiger partial charge in [0.1, 0.15) is 11.4 Å². The molecule has 2 heterocycles. The molecule has 0 saturated carbocycles. The van der Waals surface area contributed by atoms with Crippen LogP contribution in [0.2, 0.25) is 5.02 Å². The van der Waals surface area contributed by atoms with Crippen LogP contribution in [-0.4, -0.2) is 19.3 Å². The topological polar surface area (TPSA) is 61.9 Å². The zero-order valence-corrected chi connectivity index (χ0v) is 16.1. The monoisotopic (exact) mass is 442 g/mol. The SMILES string of the molecule is O=c1c(Oc2ccc(Br)cc2)c(-n2ccnc2)cnn1-c1ccc(Cl)cc1. The van der Waals surface area contributed by atoms with Crippen molar-refractivity contribution in [1.82, 2.24) is 19.3 Å². The summed E-state index contributed by atoms with van der Waals surface area (Å²) in [4.78, 5) is 17.2. The van der Waals surface area contributed by atoms with Gasteiger partial charge in [0.05, 0.1) is 18.2 Å². The fourth-order valence-electron chi connectivity index (χ4n) is 2.50. The summed E-state index contributed by atoms with van der Waals surface area (Å²) >= 11 is 9.32. The average Bonchev–Trinajstić information content (AvgIpc) is 3.20. The van der Waals surface area contributed by atoms with Crippen LogP contribution in [0.25, 0.3) is 11.4 Å². The highest BCUT2D eigenvalue weighted by Crippen LogP contribution is 2.26. The summed E-state index contributed by atoms with van der Waals surface area (Å²) in [7, 11) is 0. The van der Waals surface area contributed by atoms with E-state index in [4.69, 9.17) is 16.3 Å². The first-order valence-electron chi connectivity index (χ1n) is 7.92. The third-order valence-electron chi connectivity index (χ3n) is 3.80. The molecule has 2 aromatic heterocycles. The molecule has 4 rings (SSSR count). The molecule has 0 aliphatic rings. The van der Waals surface area contributed by atoms with Gasteiger partial charge in [0.15, 0.2) is 0 Å². The normalized spacial score (nSPS) is 10.7. The smallest absolute Gasteiger partial charge is 0.316 e. The molecular formula is C19H12BrClN4O2. The van der Waals surface area contributed by atoms with Gasteiger partial charge in [-0.25, -0.2) is 4.98 Å². The number of benzene rings is 2. The molecule has 0 unspecified atom stereocenters. The molecule has 2 aromatic carbocycles. The van der Waals surface area contributed by atoms with E-state index in [1.807, 2.05) is 12.1 Å². The van der Waals surface area contributed by atoms with Crippen LogP contribution in [-0.2, 0) is 0 Å². The predicted octanol–water partition coefficient (Wildman–Crippen LogP) is 4.63. The first kappa shape index (κ1) is 17.5. The van der Waals surface area contributed by atoms with Gasteiger partial charge in [-0.05, 0) is 48.5 Å². The third-order valence-corrected chi connectivity index (χ3v) is 4.58. The number of aromatic nitrogens is 4. The summed E-state index contributed by atoms with van der Waals surface area (Å²) in [6.45, 7) is 0. The molecule has 0 N–H and O–H groups in total. The van der Waals surface area contributed by atoms with E-state index in [1.165, 1.54) is 4.68 Å². The molecule has 0 fully saturated rings. The summed E-state index contributed by atoms with van der Waals surface area (Å²) in [6, 6.07) is 14.1. The van der Waals surface area contributed by atoms with Gasteiger partial charge in [-0.3, -0.25) is 4.79 Å². The minimum Gasteiger partial charge on any atom is -0.449 e. The number of hydrogen-bond donors (Lipinski definition) is 0. The van der Waals surface area contributed by atoms with Crippen molar-refractivity contribution in [1.29, 1.82) is 0 Å². The largest absolute Gasteiger partial charge is 0.449 e. The lowest BCUT2D eigenvalue weighted by Crippen LogP contribution is -2.23. The summed E-state index contributed by atoms with van der Waals surface area (Å²) in [6.07, 6.45) is 6.48. The highest BCUT2D eigenvalue weighted by atomic mass is 79.9. The lowest BCUT2D eigenvalue weighted by molar-refractivity contribution is 0.464. The lowest BCUT2D eigenvalue weighted by atomic mass is 10.3. The highest BCUT2D eigenvalue weighted by Gasteiger charge is 2.16. The number of rotatable bonds is 4. The van der Waals surface area contributed by atoms with Crippen molar-refractivity contribution in [3.63, 3.8) is 0 Å². The highest BCUT2D eigenvalue weighted by molar-refractivity contribution is 9.10. The van der Waals surface area contributed by atoms with Gasteiger partial charge in [-0.2, -0.15) is 9.78 Å². The van der Waals surface area contributed by atoms with Gasteiger partial charge < -0.3 is 9.30 Å². The average molecular weight is 444 g/mol. The Morgan fingerprint density at radius 3 is 2.44 bits per heavy atom. The Morgan fingerprint density at radius 2 is 1.78 bits per heavy atom. The fourth-order valence-corrected chi connectivity index (χ4v) is 2.89. The van der Waals surface area contributed by atoms with E-state index in [0.29, 0.717) is 22.1 Å². The maximum Gasteiger partial charge on any atom is 0.316 e. The second kappa shape index (κ2) is 7.38. The maximum absolute atomic E-state index is 13.1. The molecule has 6 nitrogen and oxygen atoms in total. The minimum absolute atomic E-state index is 0.139. The van der Waals surface area contributed by atoms with E-state index in [0.717, 1.165) is 4.47 Å². The van der Waals surface area contributed by atoms with E-state index < -0.39 is 5.56 Å². The number of halogens is 2. The van der Waals surface area contributed by atoms with E-state index in [2.05, 4.69) is 26.0 Å². The molecule has 0 radical (unpaired) electrons. The van der Waals surface area contributed by atoms with Crippen LogP contribution in [0.1, 0.15) is 0 Å². The van der Waals surface area contributed by atoms with E-state index in [9.17, 15) is 4.79 Å².